The lowest BCUT2D eigenvalue weighted by Gasteiger charge is -2.15. The molecule has 5 nitrogen and oxygen atoms in total. The minimum absolute atomic E-state index is 0.0899. The molecule has 0 bridgehead atoms. The van der Waals surface area contributed by atoms with Gasteiger partial charge in [0.25, 0.3) is 0 Å². The third kappa shape index (κ3) is 4.49. The molecule has 0 radical (unpaired) electrons. The van der Waals surface area contributed by atoms with Crippen LogP contribution < -0.4 is 10.1 Å². The van der Waals surface area contributed by atoms with E-state index in [1.54, 1.807) is 7.11 Å². The molecule has 2 aromatic rings. The van der Waals surface area contributed by atoms with Gasteiger partial charge in [0.05, 0.1) is 19.6 Å². The molecule has 0 spiro atoms. The average molecular weight is 352 g/mol. The lowest BCUT2D eigenvalue weighted by molar-refractivity contribution is -0.138. The van der Waals surface area contributed by atoms with E-state index in [2.05, 4.69) is 5.32 Å². The summed E-state index contributed by atoms with van der Waals surface area (Å²) in [5.74, 6) is 0.626. The first-order chi connectivity index (χ1) is 12.7. The molecule has 1 N–H and O–H groups in total. The van der Waals surface area contributed by atoms with Gasteiger partial charge in [-0.3, -0.25) is 14.5 Å². The van der Waals surface area contributed by atoms with E-state index in [9.17, 15) is 9.59 Å². The van der Waals surface area contributed by atoms with Crippen LogP contribution in [0, 0.1) is 0 Å². The molecule has 2 amide bonds. The van der Waals surface area contributed by atoms with E-state index in [4.69, 9.17) is 4.74 Å². The third-order valence-corrected chi connectivity index (χ3v) is 4.67. The monoisotopic (exact) mass is 352 g/mol. The second-order valence-corrected chi connectivity index (χ2v) is 6.43. The Kier molecular flexibility index (Phi) is 6.02. The maximum absolute atomic E-state index is 12.5. The van der Waals surface area contributed by atoms with Gasteiger partial charge in [0, 0.05) is 6.54 Å². The normalized spacial score (nSPS) is 17.0. The Bertz CT molecular complexity index is 744. The van der Waals surface area contributed by atoms with Gasteiger partial charge in [-0.05, 0) is 42.6 Å². The predicted molar refractivity (Wildman–Crippen MR) is 100.0 cm³/mol. The summed E-state index contributed by atoms with van der Waals surface area (Å²) in [6.07, 6.45) is 1.74. The highest BCUT2D eigenvalue weighted by Gasteiger charge is 2.37. The number of methoxy groups -OCH3 is 1. The van der Waals surface area contributed by atoms with E-state index < -0.39 is 6.04 Å². The largest absolute Gasteiger partial charge is 0.497 e. The van der Waals surface area contributed by atoms with Crippen LogP contribution in [0.5, 0.6) is 5.75 Å². The van der Waals surface area contributed by atoms with Gasteiger partial charge in [0.1, 0.15) is 5.75 Å². The van der Waals surface area contributed by atoms with Crippen LogP contribution in [0.15, 0.2) is 54.6 Å². The van der Waals surface area contributed by atoms with E-state index in [0.717, 1.165) is 23.3 Å². The number of rotatable bonds is 8. The van der Waals surface area contributed by atoms with Crippen LogP contribution in [0.2, 0.25) is 0 Å². The van der Waals surface area contributed by atoms with E-state index >= 15 is 0 Å². The summed E-state index contributed by atoms with van der Waals surface area (Å²) < 4.78 is 5.14. The molecule has 5 heteroatoms. The summed E-state index contributed by atoms with van der Waals surface area (Å²) in [5, 5.41) is 3.22. The molecule has 26 heavy (non-hydrogen) atoms. The summed E-state index contributed by atoms with van der Waals surface area (Å²) in [4.78, 5) is 26.0. The van der Waals surface area contributed by atoms with Crippen molar-refractivity contribution in [3.63, 3.8) is 0 Å². The predicted octanol–water partition coefficient (Wildman–Crippen LogP) is 2.20. The van der Waals surface area contributed by atoms with Gasteiger partial charge < -0.3 is 10.1 Å². The first-order valence-corrected chi connectivity index (χ1v) is 8.92. The maximum Gasteiger partial charge on any atom is 0.246 e. The number of nitrogens with zero attached hydrogens (tertiary/aromatic N) is 1. The highest BCUT2D eigenvalue weighted by atomic mass is 16.5. The van der Waals surface area contributed by atoms with Crippen molar-refractivity contribution in [2.45, 2.75) is 25.3 Å². The average Bonchev–Trinajstić information content (AvgIpc) is 2.94. The molecule has 1 fully saturated rings. The number of likely N-dealkylation sites (tertiary alicyclic amines) is 1. The summed E-state index contributed by atoms with van der Waals surface area (Å²) in [5.41, 5.74) is 2.29. The van der Waals surface area contributed by atoms with E-state index in [0.29, 0.717) is 19.5 Å². The van der Waals surface area contributed by atoms with Crippen molar-refractivity contribution in [1.29, 1.82) is 0 Å². The van der Waals surface area contributed by atoms with Crippen LogP contribution in [0.25, 0.3) is 0 Å². The van der Waals surface area contributed by atoms with Gasteiger partial charge in [0.2, 0.25) is 11.8 Å². The van der Waals surface area contributed by atoms with Crippen molar-refractivity contribution >= 4 is 11.8 Å². The van der Waals surface area contributed by atoms with Crippen molar-refractivity contribution < 1.29 is 14.3 Å². The van der Waals surface area contributed by atoms with Crippen LogP contribution in [0.4, 0.5) is 0 Å². The molecule has 3 rings (SSSR count). The van der Waals surface area contributed by atoms with Crippen LogP contribution in [-0.4, -0.2) is 43.0 Å². The number of carbonyl (C=O) groups excluding carboxylic acids is 2. The Labute approximate surface area is 154 Å². The number of hydrogen-bond donors (Lipinski definition) is 1. The van der Waals surface area contributed by atoms with Crippen molar-refractivity contribution in [2.24, 2.45) is 0 Å². The molecule has 136 valence electrons. The molecule has 1 aliphatic rings. The smallest absolute Gasteiger partial charge is 0.246 e. The highest BCUT2D eigenvalue weighted by Crippen LogP contribution is 2.15. The Balaban J connectivity index is 1.47. The molecule has 2 aromatic carbocycles. The minimum atomic E-state index is -0.406. The first kappa shape index (κ1) is 18.1. The van der Waals surface area contributed by atoms with Crippen molar-refractivity contribution in [1.82, 2.24) is 10.2 Å². The zero-order valence-electron chi connectivity index (χ0n) is 15.0. The Morgan fingerprint density at radius 3 is 2.38 bits per heavy atom. The fourth-order valence-electron chi connectivity index (χ4n) is 3.15. The number of hydrogen-bond acceptors (Lipinski definition) is 4. The van der Waals surface area contributed by atoms with Crippen molar-refractivity contribution in [2.75, 3.05) is 20.2 Å². The van der Waals surface area contributed by atoms with Gasteiger partial charge in [-0.15, -0.1) is 0 Å². The van der Waals surface area contributed by atoms with Crippen LogP contribution in [0.1, 0.15) is 17.5 Å². The number of ether oxygens (including phenoxy) is 1. The molecule has 0 aliphatic carbocycles. The molecule has 1 saturated heterocycles. The van der Waals surface area contributed by atoms with Gasteiger partial charge in [-0.1, -0.05) is 42.5 Å². The van der Waals surface area contributed by atoms with Crippen LogP contribution in [-0.2, 0) is 22.4 Å². The molecular weight excluding hydrogens is 328 g/mol. The molecule has 0 unspecified atom stereocenters. The van der Waals surface area contributed by atoms with E-state index in [-0.39, 0.29) is 18.2 Å². The fourth-order valence-corrected chi connectivity index (χ4v) is 3.15. The topological polar surface area (TPSA) is 58.6 Å². The zero-order chi connectivity index (χ0) is 18.4. The third-order valence-electron chi connectivity index (χ3n) is 4.67. The zero-order valence-corrected chi connectivity index (χ0v) is 15.0. The molecule has 0 aromatic heterocycles. The highest BCUT2D eigenvalue weighted by molar-refractivity contribution is 6.05. The standard InChI is InChI=1S/C21H24N2O3/c1-26-18-9-7-17(8-10-18)11-13-22-19-15-20(24)23(21(19)25)14-12-16-5-3-2-4-6-16/h2-10,19,22H,11-15H2,1H3/t19-/m1/s1. The minimum Gasteiger partial charge on any atom is -0.497 e. The van der Waals surface area contributed by atoms with Crippen molar-refractivity contribution in [3.05, 3.63) is 65.7 Å². The second-order valence-electron chi connectivity index (χ2n) is 6.43. The number of benzene rings is 2. The maximum atomic E-state index is 12.5. The number of carbonyl (C=O) groups is 2. The van der Waals surface area contributed by atoms with Gasteiger partial charge in [-0.25, -0.2) is 0 Å². The first-order valence-electron chi connectivity index (χ1n) is 8.92. The Morgan fingerprint density at radius 2 is 1.69 bits per heavy atom. The van der Waals surface area contributed by atoms with E-state index in [1.807, 2.05) is 54.6 Å². The van der Waals surface area contributed by atoms with Crippen LogP contribution in [0.3, 0.4) is 0 Å². The quantitative estimate of drug-likeness (QED) is 0.740. The Hall–Kier alpha value is -2.66. The summed E-state index contributed by atoms with van der Waals surface area (Å²) in [6.45, 7) is 1.10. The summed E-state index contributed by atoms with van der Waals surface area (Å²) >= 11 is 0. The summed E-state index contributed by atoms with van der Waals surface area (Å²) in [6, 6.07) is 17.4. The van der Waals surface area contributed by atoms with Gasteiger partial charge in [0.15, 0.2) is 0 Å². The lowest BCUT2D eigenvalue weighted by atomic mass is 10.1. The Morgan fingerprint density at radius 1 is 1.00 bits per heavy atom. The van der Waals surface area contributed by atoms with Gasteiger partial charge >= 0.3 is 0 Å². The van der Waals surface area contributed by atoms with E-state index in [1.165, 1.54) is 4.90 Å². The lowest BCUT2D eigenvalue weighted by Crippen LogP contribution is -2.40. The number of imide groups is 1. The van der Waals surface area contributed by atoms with Crippen molar-refractivity contribution in [3.8, 4) is 5.75 Å². The number of nitrogens with one attached hydrogen (secondary N) is 1. The molecule has 0 saturated carbocycles. The molecule has 1 heterocycles. The summed E-state index contributed by atoms with van der Waals surface area (Å²) in [7, 11) is 1.64. The molecular formula is C21H24N2O3. The van der Waals surface area contributed by atoms with Gasteiger partial charge in [-0.2, -0.15) is 0 Å². The van der Waals surface area contributed by atoms with Crippen LogP contribution >= 0.6 is 0 Å². The number of amides is 2. The second kappa shape index (κ2) is 8.63. The molecule has 1 atom stereocenters. The fraction of sp³-hybridized carbons (Fsp3) is 0.333. The SMILES string of the molecule is COc1ccc(CCN[C@@H]2CC(=O)N(CCc3ccccc3)C2=O)cc1. The molecule has 1 aliphatic heterocycles.